The van der Waals surface area contributed by atoms with Gasteiger partial charge in [0.15, 0.2) is 11.5 Å². The first-order chi connectivity index (χ1) is 10.6. The fraction of sp³-hybridized carbons (Fsp3) is 0.188. The lowest BCUT2D eigenvalue weighted by atomic mass is 10.1. The van der Waals surface area contributed by atoms with Crippen LogP contribution in [0.2, 0.25) is 0 Å². The first-order valence-electron chi connectivity index (χ1n) is 6.97. The molecule has 0 aliphatic carbocycles. The second-order valence-electron chi connectivity index (χ2n) is 5.08. The number of aromatic nitrogens is 3. The van der Waals surface area contributed by atoms with Gasteiger partial charge in [-0.15, -0.1) is 10.2 Å². The quantitative estimate of drug-likeness (QED) is 0.804. The zero-order chi connectivity index (χ0) is 15.5. The molecule has 1 N–H and O–H groups in total. The van der Waals surface area contributed by atoms with Crippen molar-refractivity contribution in [2.24, 2.45) is 0 Å². The second-order valence-corrected chi connectivity index (χ2v) is 5.08. The molecule has 1 aromatic carbocycles. The highest BCUT2D eigenvalue weighted by Gasteiger charge is 2.15. The molecule has 3 aromatic rings. The molecule has 2 aromatic heterocycles. The van der Waals surface area contributed by atoms with Crippen molar-refractivity contribution in [1.82, 2.24) is 19.9 Å². The molecule has 1 unspecified atom stereocenters. The molecule has 5 nitrogen and oxygen atoms in total. The summed E-state index contributed by atoms with van der Waals surface area (Å²) in [7, 11) is 0. The lowest BCUT2D eigenvalue weighted by molar-refractivity contribution is -0.121. The van der Waals surface area contributed by atoms with Crippen LogP contribution in [-0.4, -0.2) is 20.5 Å². The van der Waals surface area contributed by atoms with Gasteiger partial charge in [0.1, 0.15) is 5.82 Å². The molecule has 22 heavy (non-hydrogen) atoms. The molecule has 0 fully saturated rings. The number of amides is 1. The number of halogens is 1. The van der Waals surface area contributed by atoms with Gasteiger partial charge in [-0.2, -0.15) is 0 Å². The summed E-state index contributed by atoms with van der Waals surface area (Å²) >= 11 is 0. The summed E-state index contributed by atoms with van der Waals surface area (Å²) in [6.07, 6.45) is 2.05. The number of carbonyl (C=O) groups is 1. The van der Waals surface area contributed by atoms with Gasteiger partial charge in [-0.1, -0.05) is 18.2 Å². The van der Waals surface area contributed by atoms with Crippen molar-refractivity contribution < 1.29 is 9.18 Å². The van der Waals surface area contributed by atoms with E-state index in [1.165, 1.54) is 12.1 Å². The minimum Gasteiger partial charge on any atom is -0.346 e. The monoisotopic (exact) mass is 298 g/mol. The van der Waals surface area contributed by atoms with Crippen LogP contribution in [0.15, 0.2) is 48.7 Å². The Labute approximate surface area is 126 Å². The molecule has 0 radical (unpaired) electrons. The number of benzene rings is 1. The van der Waals surface area contributed by atoms with E-state index in [2.05, 4.69) is 15.5 Å². The first kappa shape index (κ1) is 14.2. The smallest absolute Gasteiger partial charge is 0.224 e. The molecular weight excluding hydrogens is 283 g/mol. The molecule has 2 heterocycles. The predicted molar refractivity (Wildman–Crippen MR) is 79.6 cm³/mol. The zero-order valence-corrected chi connectivity index (χ0v) is 12.0. The fourth-order valence-electron chi connectivity index (χ4n) is 2.30. The zero-order valence-electron chi connectivity index (χ0n) is 12.0. The van der Waals surface area contributed by atoms with E-state index in [4.69, 9.17) is 0 Å². The molecule has 112 valence electrons. The standard InChI is InChI=1S/C16H15FN4O/c1-11(16-20-19-14-4-2-3-9-21(14)16)18-15(22)10-12-5-7-13(17)8-6-12/h2-9,11H,10H2,1H3,(H,18,22). The van der Waals surface area contributed by atoms with Crippen LogP contribution < -0.4 is 5.32 Å². The van der Waals surface area contributed by atoms with Crippen LogP contribution >= 0.6 is 0 Å². The molecule has 0 spiro atoms. The van der Waals surface area contributed by atoms with Gasteiger partial charge in [0.05, 0.1) is 12.5 Å². The van der Waals surface area contributed by atoms with Crippen LogP contribution in [0, 0.1) is 5.82 Å². The van der Waals surface area contributed by atoms with Crippen molar-refractivity contribution in [3.05, 3.63) is 65.9 Å². The van der Waals surface area contributed by atoms with Crippen molar-refractivity contribution in [2.45, 2.75) is 19.4 Å². The molecule has 0 saturated carbocycles. The minimum atomic E-state index is -0.313. The molecule has 3 rings (SSSR count). The third-order valence-electron chi connectivity index (χ3n) is 3.38. The predicted octanol–water partition coefficient (Wildman–Crippen LogP) is 2.29. The van der Waals surface area contributed by atoms with E-state index in [0.29, 0.717) is 5.82 Å². The van der Waals surface area contributed by atoms with Crippen LogP contribution in [0.4, 0.5) is 4.39 Å². The molecule has 6 heteroatoms. The van der Waals surface area contributed by atoms with Gasteiger partial charge in [-0.3, -0.25) is 9.20 Å². The molecular formula is C16H15FN4O. The minimum absolute atomic E-state index is 0.146. The number of pyridine rings is 1. The van der Waals surface area contributed by atoms with Gasteiger partial charge < -0.3 is 5.32 Å². The van der Waals surface area contributed by atoms with E-state index in [1.54, 1.807) is 12.1 Å². The summed E-state index contributed by atoms with van der Waals surface area (Å²) in [6, 6.07) is 11.2. The third-order valence-corrected chi connectivity index (χ3v) is 3.38. The SMILES string of the molecule is CC(NC(=O)Cc1ccc(F)cc1)c1nnc2ccccn12. The van der Waals surface area contributed by atoms with E-state index < -0.39 is 0 Å². The van der Waals surface area contributed by atoms with Crippen LogP contribution in [0.5, 0.6) is 0 Å². The normalized spacial score (nSPS) is 12.3. The fourth-order valence-corrected chi connectivity index (χ4v) is 2.30. The Morgan fingerprint density at radius 2 is 2.00 bits per heavy atom. The average molecular weight is 298 g/mol. The summed E-state index contributed by atoms with van der Waals surface area (Å²) in [5, 5.41) is 11.1. The number of carbonyl (C=O) groups excluding carboxylic acids is 1. The number of hydrogen-bond donors (Lipinski definition) is 1. The molecule has 1 atom stereocenters. The number of rotatable bonds is 4. The first-order valence-corrected chi connectivity index (χ1v) is 6.97. The van der Waals surface area contributed by atoms with Gasteiger partial charge in [-0.25, -0.2) is 4.39 Å². The average Bonchev–Trinajstić information content (AvgIpc) is 2.93. The summed E-state index contributed by atoms with van der Waals surface area (Å²) in [5.74, 6) is 0.210. The van der Waals surface area contributed by atoms with E-state index >= 15 is 0 Å². The Hall–Kier alpha value is -2.76. The lowest BCUT2D eigenvalue weighted by Gasteiger charge is -2.12. The summed E-state index contributed by atoms with van der Waals surface area (Å²) in [6.45, 7) is 1.85. The Morgan fingerprint density at radius 1 is 1.23 bits per heavy atom. The van der Waals surface area contributed by atoms with Crippen molar-refractivity contribution in [2.75, 3.05) is 0 Å². The number of nitrogens with zero attached hydrogens (tertiary/aromatic N) is 3. The lowest BCUT2D eigenvalue weighted by Crippen LogP contribution is -2.29. The van der Waals surface area contributed by atoms with Crippen LogP contribution in [0.1, 0.15) is 24.4 Å². The Balaban J connectivity index is 1.69. The van der Waals surface area contributed by atoms with E-state index in [-0.39, 0.29) is 24.2 Å². The van der Waals surface area contributed by atoms with Crippen LogP contribution in [-0.2, 0) is 11.2 Å². The van der Waals surface area contributed by atoms with Gasteiger partial charge in [0.25, 0.3) is 0 Å². The Bertz CT molecular complexity index is 797. The van der Waals surface area contributed by atoms with Crippen molar-refractivity contribution in [1.29, 1.82) is 0 Å². The highest BCUT2D eigenvalue weighted by molar-refractivity contribution is 5.78. The largest absolute Gasteiger partial charge is 0.346 e. The maximum Gasteiger partial charge on any atom is 0.224 e. The number of fused-ring (bicyclic) bond motifs is 1. The Kier molecular flexibility index (Phi) is 3.82. The van der Waals surface area contributed by atoms with Gasteiger partial charge in [0, 0.05) is 6.20 Å². The van der Waals surface area contributed by atoms with Gasteiger partial charge in [-0.05, 0) is 36.8 Å². The van der Waals surface area contributed by atoms with Crippen molar-refractivity contribution in [3.8, 4) is 0 Å². The van der Waals surface area contributed by atoms with E-state index in [9.17, 15) is 9.18 Å². The second kappa shape index (κ2) is 5.93. The van der Waals surface area contributed by atoms with Crippen molar-refractivity contribution >= 4 is 11.6 Å². The third kappa shape index (κ3) is 2.95. The molecule has 0 bridgehead atoms. The topological polar surface area (TPSA) is 59.3 Å². The molecule has 0 aliphatic heterocycles. The Morgan fingerprint density at radius 3 is 2.77 bits per heavy atom. The number of nitrogens with one attached hydrogen (secondary N) is 1. The van der Waals surface area contributed by atoms with E-state index in [0.717, 1.165) is 11.2 Å². The highest BCUT2D eigenvalue weighted by atomic mass is 19.1. The number of hydrogen-bond acceptors (Lipinski definition) is 3. The maximum atomic E-state index is 12.8. The summed E-state index contributed by atoms with van der Waals surface area (Å²) < 4.78 is 14.7. The van der Waals surface area contributed by atoms with Crippen molar-refractivity contribution in [3.63, 3.8) is 0 Å². The molecule has 1 amide bonds. The van der Waals surface area contributed by atoms with E-state index in [1.807, 2.05) is 35.7 Å². The van der Waals surface area contributed by atoms with Crippen LogP contribution in [0.25, 0.3) is 5.65 Å². The van der Waals surface area contributed by atoms with Gasteiger partial charge >= 0.3 is 0 Å². The maximum absolute atomic E-state index is 12.8. The van der Waals surface area contributed by atoms with Crippen LogP contribution in [0.3, 0.4) is 0 Å². The summed E-state index contributed by atoms with van der Waals surface area (Å²) in [4.78, 5) is 12.1. The molecule has 0 aliphatic rings. The molecule has 0 saturated heterocycles. The highest BCUT2D eigenvalue weighted by Crippen LogP contribution is 2.12. The summed E-state index contributed by atoms with van der Waals surface area (Å²) in [5.41, 5.74) is 1.49. The van der Waals surface area contributed by atoms with Gasteiger partial charge in [0.2, 0.25) is 5.91 Å².